The second-order valence-electron chi connectivity index (χ2n) is 6.57. The lowest BCUT2D eigenvalue weighted by atomic mass is 9.75. The molecular formula is C17H27BrN2O. The quantitative estimate of drug-likeness (QED) is 0.813. The molecule has 1 unspecified atom stereocenters. The smallest absolute Gasteiger partial charge is 0.0802 e. The van der Waals surface area contributed by atoms with E-state index in [2.05, 4.69) is 46.9 Å². The molecule has 0 aromatic heterocycles. The van der Waals surface area contributed by atoms with Crippen LogP contribution in [0.2, 0.25) is 0 Å². The molecule has 4 heteroatoms. The molecule has 0 saturated heterocycles. The van der Waals surface area contributed by atoms with Crippen LogP contribution in [0.3, 0.4) is 0 Å². The minimum absolute atomic E-state index is 0.358. The Bertz CT molecular complexity index is 443. The van der Waals surface area contributed by atoms with Gasteiger partial charge in [0.05, 0.1) is 6.10 Å². The van der Waals surface area contributed by atoms with Gasteiger partial charge in [-0.25, -0.2) is 0 Å². The molecule has 1 saturated carbocycles. The van der Waals surface area contributed by atoms with Crippen LogP contribution in [0.15, 0.2) is 28.7 Å². The maximum Gasteiger partial charge on any atom is 0.0802 e. The lowest BCUT2D eigenvalue weighted by Gasteiger charge is -2.49. The standard InChI is InChI=1S/C17H27BrN2O/c1-19(2)17(10-4-11-17)13-20(3)12-9-16(21)14-5-7-15(18)8-6-14/h5-8,16,21H,4,9-13H2,1-3H3. The van der Waals surface area contributed by atoms with Gasteiger partial charge in [-0.1, -0.05) is 28.1 Å². The van der Waals surface area contributed by atoms with Gasteiger partial charge in [0, 0.05) is 23.1 Å². The summed E-state index contributed by atoms with van der Waals surface area (Å²) in [6.45, 7) is 2.01. The molecule has 0 heterocycles. The molecule has 3 nitrogen and oxygen atoms in total. The number of aliphatic hydroxyl groups is 1. The van der Waals surface area contributed by atoms with E-state index in [0.717, 1.165) is 29.5 Å². The van der Waals surface area contributed by atoms with Crippen LogP contribution >= 0.6 is 15.9 Å². The average Bonchev–Trinajstić information content (AvgIpc) is 2.40. The van der Waals surface area contributed by atoms with E-state index in [0.29, 0.717) is 5.54 Å². The summed E-state index contributed by atoms with van der Waals surface area (Å²) in [6, 6.07) is 7.94. The van der Waals surface area contributed by atoms with Gasteiger partial charge in [-0.15, -0.1) is 0 Å². The first-order valence-corrected chi connectivity index (χ1v) is 8.52. The predicted octanol–water partition coefficient (Wildman–Crippen LogP) is 3.29. The fourth-order valence-corrected chi connectivity index (χ4v) is 3.37. The zero-order valence-corrected chi connectivity index (χ0v) is 14.9. The van der Waals surface area contributed by atoms with Gasteiger partial charge in [-0.2, -0.15) is 0 Å². The third-order valence-corrected chi connectivity index (χ3v) is 5.36. The van der Waals surface area contributed by atoms with Gasteiger partial charge < -0.3 is 14.9 Å². The van der Waals surface area contributed by atoms with E-state index in [1.807, 2.05) is 24.3 Å². The van der Waals surface area contributed by atoms with Crippen LogP contribution in [0, 0.1) is 0 Å². The third-order valence-electron chi connectivity index (χ3n) is 4.84. The summed E-state index contributed by atoms with van der Waals surface area (Å²) >= 11 is 3.42. The Morgan fingerprint density at radius 2 is 1.81 bits per heavy atom. The van der Waals surface area contributed by atoms with Crippen LogP contribution in [-0.4, -0.2) is 54.7 Å². The molecule has 1 aromatic rings. The Morgan fingerprint density at radius 3 is 2.29 bits per heavy atom. The number of rotatable bonds is 7. The molecule has 0 amide bonds. The first kappa shape index (κ1) is 16.9. The van der Waals surface area contributed by atoms with Crippen molar-refractivity contribution in [2.75, 3.05) is 34.2 Å². The Kier molecular flexibility index (Phi) is 5.83. The van der Waals surface area contributed by atoms with Gasteiger partial charge in [0.15, 0.2) is 0 Å². The lowest BCUT2D eigenvalue weighted by Crippen LogP contribution is -2.56. The minimum atomic E-state index is -0.378. The van der Waals surface area contributed by atoms with Crippen LogP contribution < -0.4 is 0 Å². The summed E-state index contributed by atoms with van der Waals surface area (Å²) in [5.41, 5.74) is 1.36. The van der Waals surface area contributed by atoms with Gasteiger partial charge in [0.25, 0.3) is 0 Å². The molecule has 1 aliphatic rings. The van der Waals surface area contributed by atoms with Crippen LogP contribution in [0.5, 0.6) is 0 Å². The van der Waals surface area contributed by atoms with Crippen molar-refractivity contribution in [2.24, 2.45) is 0 Å². The maximum atomic E-state index is 10.3. The Balaban J connectivity index is 1.80. The highest BCUT2D eigenvalue weighted by Crippen LogP contribution is 2.36. The van der Waals surface area contributed by atoms with E-state index < -0.39 is 0 Å². The van der Waals surface area contributed by atoms with Crippen molar-refractivity contribution in [1.29, 1.82) is 0 Å². The molecule has 0 radical (unpaired) electrons. The number of benzene rings is 1. The summed E-state index contributed by atoms with van der Waals surface area (Å²) in [7, 11) is 6.53. The normalized spacial score (nSPS) is 18.8. The largest absolute Gasteiger partial charge is 0.388 e. The topological polar surface area (TPSA) is 26.7 Å². The number of hydrogen-bond acceptors (Lipinski definition) is 3. The molecule has 2 rings (SSSR count). The maximum absolute atomic E-state index is 10.3. The number of hydrogen-bond donors (Lipinski definition) is 1. The SMILES string of the molecule is CN(CCC(O)c1ccc(Br)cc1)CC1(N(C)C)CCC1. The van der Waals surface area contributed by atoms with Crippen molar-refractivity contribution in [3.8, 4) is 0 Å². The fraction of sp³-hybridized carbons (Fsp3) is 0.647. The minimum Gasteiger partial charge on any atom is -0.388 e. The van der Waals surface area contributed by atoms with E-state index in [4.69, 9.17) is 0 Å². The van der Waals surface area contributed by atoms with E-state index in [-0.39, 0.29) is 6.10 Å². The zero-order valence-electron chi connectivity index (χ0n) is 13.3. The van der Waals surface area contributed by atoms with Crippen molar-refractivity contribution in [2.45, 2.75) is 37.3 Å². The summed E-state index contributed by atoms with van der Waals surface area (Å²) in [6.07, 6.45) is 4.33. The van der Waals surface area contributed by atoms with E-state index >= 15 is 0 Å². The second-order valence-corrected chi connectivity index (χ2v) is 7.48. The van der Waals surface area contributed by atoms with Crippen molar-refractivity contribution in [3.05, 3.63) is 34.3 Å². The monoisotopic (exact) mass is 354 g/mol. The highest BCUT2D eigenvalue weighted by atomic mass is 79.9. The molecule has 0 spiro atoms. The first-order chi connectivity index (χ1) is 9.93. The highest BCUT2D eigenvalue weighted by molar-refractivity contribution is 9.10. The zero-order chi connectivity index (χ0) is 15.5. The molecule has 1 N–H and O–H groups in total. The van der Waals surface area contributed by atoms with Gasteiger partial charge in [-0.05, 0) is 64.5 Å². The van der Waals surface area contributed by atoms with Crippen molar-refractivity contribution < 1.29 is 5.11 Å². The van der Waals surface area contributed by atoms with E-state index in [1.54, 1.807) is 0 Å². The third kappa shape index (κ3) is 4.28. The molecular weight excluding hydrogens is 328 g/mol. The number of aliphatic hydroxyl groups excluding tert-OH is 1. The highest BCUT2D eigenvalue weighted by Gasteiger charge is 2.39. The number of nitrogens with zero attached hydrogens (tertiary/aromatic N) is 2. The molecule has 1 aliphatic carbocycles. The van der Waals surface area contributed by atoms with Crippen LogP contribution in [0.4, 0.5) is 0 Å². The molecule has 0 aliphatic heterocycles. The van der Waals surface area contributed by atoms with Crippen molar-refractivity contribution in [1.82, 2.24) is 9.80 Å². The van der Waals surface area contributed by atoms with Crippen LogP contribution in [-0.2, 0) is 0 Å². The first-order valence-electron chi connectivity index (χ1n) is 7.72. The molecule has 0 bridgehead atoms. The lowest BCUT2D eigenvalue weighted by molar-refractivity contribution is 0.0239. The van der Waals surface area contributed by atoms with E-state index in [1.165, 1.54) is 19.3 Å². The number of halogens is 1. The predicted molar refractivity (Wildman–Crippen MR) is 91.5 cm³/mol. The summed E-state index contributed by atoms with van der Waals surface area (Å²) < 4.78 is 1.05. The second kappa shape index (κ2) is 7.23. The fourth-order valence-electron chi connectivity index (χ4n) is 3.11. The molecule has 21 heavy (non-hydrogen) atoms. The average molecular weight is 355 g/mol. The number of likely N-dealkylation sites (N-methyl/N-ethyl adjacent to an activating group) is 2. The molecule has 1 aromatic carbocycles. The Labute approximate surface area is 137 Å². The van der Waals surface area contributed by atoms with Crippen molar-refractivity contribution >= 4 is 15.9 Å². The van der Waals surface area contributed by atoms with Gasteiger partial charge >= 0.3 is 0 Å². The molecule has 1 fully saturated rings. The van der Waals surface area contributed by atoms with Crippen molar-refractivity contribution in [3.63, 3.8) is 0 Å². The summed E-state index contributed by atoms with van der Waals surface area (Å²) in [5, 5.41) is 10.3. The van der Waals surface area contributed by atoms with Gasteiger partial charge in [0.1, 0.15) is 0 Å². The Morgan fingerprint density at radius 1 is 1.19 bits per heavy atom. The Hall–Kier alpha value is -0.420. The molecule has 1 atom stereocenters. The molecule has 118 valence electrons. The van der Waals surface area contributed by atoms with Gasteiger partial charge in [0.2, 0.25) is 0 Å². The summed E-state index contributed by atoms with van der Waals surface area (Å²) in [4.78, 5) is 4.74. The summed E-state index contributed by atoms with van der Waals surface area (Å²) in [5.74, 6) is 0. The van der Waals surface area contributed by atoms with Crippen LogP contribution in [0.1, 0.15) is 37.4 Å². The van der Waals surface area contributed by atoms with Crippen LogP contribution in [0.25, 0.3) is 0 Å². The van der Waals surface area contributed by atoms with Gasteiger partial charge in [-0.3, -0.25) is 0 Å². The van der Waals surface area contributed by atoms with E-state index in [9.17, 15) is 5.11 Å².